The molecule has 0 aliphatic heterocycles. The Labute approximate surface area is 120 Å². The molecule has 1 saturated carbocycles. The summed E-state index contributed by atoms with van der Waals surface area (Å²) in [6.07, 6.45) is 2.35. The summed E-state index contributed by atoms with van der Waals surface area (Å²) in [6, 6.07) is 4.02. The van der Waals surface area contributed by atoms with Gasteiger partial charge in [0.05, 0.1) is 5.52 Å². The summed E-state index contributed by atoms with van der Waals surface area (Å²) in [4.78, 5) is 12.4. The molecule has 0 radical (unpaired) electrons. The van der Waals surface area contributed by atoms with Crippen LogP contribution in [-0.2, 0) is 14.6 Å². The number of sulfone groups is 1. The number of hydrogen-bond acceptors (Lipinski definition) is 4. The van der Waals surface area contributed by atoms with Crippen LogP contribution in [0.2, 0.25) is 0 Å². The monoisotopic (exact) mass is 311 g/mol. The summed E-state index contributed by atoms with van der Waals surface area (Å²) in [5.74, 6) is -0.917. The number of fused-ring (bicyclic) bond motifs is 1. The standard InChI is InChI=1S/C13H14FN3O3S/c1-21(19,20)13(5-2-6-13)12(18)15-11-9-7-8(14)3-4-10(9)16-17-11/h3-4,7H,2,5-6H2,1H3,(H2,15,16,17,18). The Bertz CT molecular complexity index is 824. The number of aromatic amines is 1. The summed E-state index contributed by atoms with van der Waals surface area (Å²) in [5, 5.41) is 9.50. The van der Waals surface area contributed by atoms with Gasteiger partial charge in [0.25, 0.3) is 0 Å². The van der Waals surface area contributed by atoms with Gasteiger partial charge in [-0.3, -0.25) is 9.89 Å². The van der Waals surface area contributed by atoms with E-state index in [0.717, 1.165) is 6.26 Å². The molecule has 0 saturated heterocycles. The molecular formula is C13H14FN3O3S. The molecule has 1 aromatic heterocycles. The number of H-pyrrole nitrogens is 1. The highest BCUT2D eigenvalue weighted by molar-refractivity contribution is 7.93. The minimum Gasteiger partial charge on any atom is -0.307 e. The number of carbonyl (C=O) groups excluding carboxylic acids is 1. The lowest BCUT2D eigenvalue weighted by atomic mass is 9.83. The number of benzene rings is 1. The van der Waals surface area contributed by atoms with Crippen molar-refractivity contribution in [2.75, 3.05) is 11.6 Å². The van der Waals surface area contributed by atoms with Crippen molar-refractivity contribution in [3.63, 3.8) is 0 Å². The molecule has 1 heterocycles. The van der Waals surface area contributed by atoms with Crippen LogP contribution in [0.3, 0.4) is 0 Å². The zero-order valence-corrected chi connectivity index (χ0v) is 12.1. The Morgan fingerprint density at radius 3 is 2.71 bits per heavy atom. The lowest BCUT2D eigenvalue weighted by Crippen LogP contribution is -2.54. The van der Waals surface area contributed by atoms with Crippen LogP contribution in [0.15, 0.2) is 18.2 Å². The number of halogens is 1. The third-order valence-corrected chi connectivity index (χ3v) is 6.05. The number of anilines is 1. The van der Waals surface area contributed by atoms with Crippen molar-refractivity contribution in [1.82, 2.24) is 10.2 Å². The minimum atomic E-state index is -3.52. The summed E-state index contributed by atoms with van der Waals surface area (Å²) in [7, 11) is -3.52. The normalized spacial score (nSPS) is 17.4. The fourth-order valence-corrected chi connectivity index (χ4v) is 3.99. The van der Waals surface area contributed by atoms with E-state index in [1.165, 1.54) is 18.2 Å². The van der Waals surface area contributed by atoms with Crippen molar-refractivity contribution in [3.8, 4) is 0 Å². The molecule has 2 N–H and O–H groups in total. The van der Waals surface area contributed by atoms with Crippen molar-refractivity contribution in [2.24, 2.45) is 0 Å². The third kappa shape index (κ3) is 2.10. The highest BCUT2D eigenvalue weighted by Gasteiger charge is 2.53. The molecule has 0 atom stereocenters. The average Bonchev–Trinajstić information content (AvgIpc) is 2.68. The molecule has 1 aliphatic carbocycles. The Morgan fingerprint density at radius 1 is 1.43 bits per heavy atom. The number of aromatic nitrogens is 2. The van der Waals surface area contributed by atoms with E-state index in [-0.39, 0.29) is 5.82 Å². The number of carbonyl (C=O) groups is 1. The highest BCUT2D eigenvalue weighted by Crippen LogP contribution is 2.40. The van der Waals surface area contributed by atoms with Crippen LogP contribution in [-0.4, -0.2) is 35.5 Å². The van der Waals surface area contributed by atoms with Crippen molar-refractivity contribution in [2.45, 2.75) is 24.0 Å². The number of nitrogens with one attached hydrogen (secondary N) is 2. The van der Waals surface area contributed by atoms with Crippen LogP contribution < -0.4 is 5.32 Å². The van der Waals surface area contributed by atoms with Gasteiger partial charge in [-0.2, -0.15) is 5.10 Å². The second-order valence-corrected chi connectivity index (χ2v) is 7.66. The molecule has 6 nitrogen and oxygen atoms in total. The zero-order chi connectivity index (χ0) is 15.3. The summed E-state index contributed by atoms with van der Waals surface area (Å²) >= 11 is 0. The van der Waals surface area contributed by atoms with Crippen LogP contribution in [0, 0.1) is 5.82 Å². The van der Waals surface area contributed by atoms with Crippen LogP contribution in [0.25, 0.3) is 10.9 Å². The Balaban J connectivity index is 1.95. The van der Waals surface area contributed by atoms with Gasteiger partial charge in [-0.15, -0.1) is 0 Å². The molecular weight excluding hydrogens is 297 g/mol. The topological polar surface area (TPSA) is 91.9 Å². The second kappa shape index (κ2) is 4.52. The quantitative estimate of drug-likeness (QED) is 0.900. The Kier molecular flexibility index (Phi) is 3.01. The van der Waals surface area contributed by atoms with Crippen molar-refractivity contribution in [3.05, 3.63) is 24.0 Å². The molecule has 1 aliphatic rings. The van der Waals surface area contributed by atoms with Crippen LogP contribution in [0.5, 0.6) is 0 Å². The molecule has 0 spiro atoms. The summed E-state index contributed by atoms with van der Waals surface area (Å²) in [5.41, 5.74) is 0.564. The molecule has 0 bridgehead atoms. The zero-order valence-electron chi connectivity index (χ0n) is 11.3. The van der Waals surface area contributed by atoms with E-state index in [0.29, 0.717) is 30.2 Å². The van der Waals surface area contributed by atoms with E-state index < -0.39 is 26.3 Å². The van der Waals surface area contributed by atoms with E-state index in [1.54, 1.807) is 0 Å². The maximum atomic E-state index is 13.3. The van der Waals surface area contributed by atoms with Gasteiger partial charge in [-0.1, -0.05) is 0 Å². The second-order valence-electron chi connectivity index (χ2n) is 5.34. The largest absolute Gasteiger partial charge is 0.307 e. The highest BCUT2D eigenvalue weighted by atomic mass is 32.2. The van der Waals surface area contributed by atoms with Gasteiger partial charge in [0.1, 0.15) is 5.82 Å². The van der Waals surface area contributed by atoms with E-state index in [9.17, 15) is 17.6 Å². The number of rotatable bonds is 3. The average molecular weight is 311 g/mol. The third-order valence-electron chi connectivity index (χ3n) is 4.04. The SMILES string of the molecule is CS(=O)(=O)C1(C(=O)Nc2n[nH]c3ccc(F)cc23)CCC1. The first-order valence-electron chi connectivity index (χ1n) is 6.48. The molecule has 1 aromatic carbocycles. The number of hydrogen-bond donors (Lipinski definition) is 2. The molecule has 1 fully saturated rings. The lowest BCUT2D eigenvalue weighted by Gasteiger charge is -2.37. The first kappa shape index (κ1) is 14.0. The van der Waals surface area contributed by atoms with Gasteiger partial charge in [0, 0.05) is 11.6 Å². The van der Waals surface area contributed by atoms with Crippen molar-refractivity contribution >= 4 is 32.5 Å². The fourth-order valence-electron chi connectivity index (χ4n) is 2.57. The van der Waals surface area contributed by atoms with Gasteiger partial charge >= 0.3 is 0 Å². The van der Waals surface area contributed by atoms with E-state index >= 15 is 0 Å². The van der Waals surface area contributed by atoms with Crippen molar-refractivity contribution < 1.29 is 17.6 Å². The van der Waals surface area contributed by atoms with Gasteiger partial charge in [0.2, 0.25) is 5.91 Å². The van der Waals surface area contributed by atoms with Crippen LogP contribution in [0.1, 0.15) is 19.3 Å². The molecule has 8 heteroatoms. The summed E-state index contributed by atoms with van der Waals surface area (Å²) < 4.78 is 35.6. The van der Waals surface area contributed by atoms with Gasteiger partial charge in [-0.05, 0) is 37.5 Å². The minimum absolute atomic E-state index is 0.143. The lowest BCUT2D eigenvalue weighted by molar-refractivity contribution is -0.120. The molecule has 112 valence electrons. The van der Waals surface area contributed by atoms with Crippen LogP contribution >= 0.6 is 0 Å². The van der Waals surface area contributed by atoms with Crippen LogP contribution in [0.4, 0.5) is 10.2 Å². The molecule has 0 unspecified atom stereocenters. The van der Waals surface area contributed by atoms with Gasteiger partial charge in [0.15, 0.2) is 20.4 Å². The molecule has 2 aromatic rings. The number of amides is 1. The van der Waals surface area contributed by atoms with E-state index in [4.69, 9.17) is 0 Å². The number of nitrogens with zero attached hydrogens (tertiary/aromatic N) is 1. The smallest absolute Gasteiger partial charge is 0.247 e. The maximum absolute atomic E-state index is 13.3. The Morgan fingerprint density at radius 2 is 2.14 bits per heavy atom. The van der Waals surface area contributed by atoms with Gasteiger partial charge in [-0.25, -0.2) is 12.8 Å². The van der Waals surface area contributed by atoms with E-state index in [1.807, 2.05) is 0 Å². The predicted molar refractivity (Wildman–Crippen MR) is 76.1 cm³/mol. The molecule has 3 rings (SSSR count). The Hall–Kier alpha value is -1.96. The molecule has 21 heavy (non-hydrogen) atoms. The summed E-state index contributed by atoms with van der Waals surface area (Å²) in [6.45, 7) is 0. The first-order valence-corrected chi connectivity index (χ1v) is 8.37. The van der Waals surface area contributed by atoms with Gasteiger partial charge < -0.3 is 5.32 Å². The first-order chi connectivity index (χ1) is 9.83. The fraction of sp³-hybridized carbons (Fsp3) is 0.385. The predicted octanol–water partition coefficient (Wildman–Crippen LogP) is 1.61. The maximum Gasteiger partial charge on any atom is 0.247 e. The molecule has 1 amide bonds. The van der Waals surface area contributed by atoms with E-state index in [2.05, 4.69) is 15.5 Å². The van der Waals surface area contributed by atoms with Crippen molar-refractivity contribution in [1.29, 1.82) is 0 Å².